The molecule has 2 amide bonds. The molecule has 10 heteroatoms. The first kappa shape index (κ1) is 20.8. The quantitative estimate of drug-likeness (QED) is 0.151. The summed E-state index contributed by atoms with van der Waals surface area (Å²) >= 11 is 6.30. The summed E-state index contributed by atoms with van der Waals surface area (Å²) in [5.41, 5.74) is 0.504. The molecule has 1 heterocycles. The summed E-state index contributed by atoms with van der Waals surface area (Å²) in [6, 6.07) is 3.75. The second kappa shape index (κ2) is 9.43. The van der Waals surface area contributed by atoms with Crippen molar-refractivity contribution in [3.63, 3.8) is 0 Å². The molecule has 1 aromatic rings. The lowest BCUT2D eigenvalue weighted by Gasteiger charge is -2.12. The van der Waals surface area contributed by atoms with Gasteiger partial charge in [0, 0.05) is 23.6 Å². The van der Waals surface area contributed by atoms with Gasteiger partial charge in [0.1, 0.15) is 0 Å². The molecule has 25 heavy (non-hydrogen) atoms. The van der Waals surface area contributed by atoms with E-state index in [4.69, 9.17) is 9.57 Å². The number of hydroxylamine groups is 2. The molecule has 2 rings (SSSR count). The van der Waals surface area contributed by atoms with E-state index in [0.717, 1.165) is 10.7 Å². The summed E-state index contributed by atoms with van der Waals surface area (Å²) in [5.74, 6) is -2.20. The highest BCUT2D eigenvalue weighted by atomic mass is 127. The van der Waals surface area contributed by atoms with E-state index in [1.807, 2.05) is 12.1 Å². The molecule has 1 aliphatic rings. The molecule has 0 radical (unpaired) electrons. The highest BCUT2D eigenvalue weighted by Gasteiger charge is 2.32. The molecular weight excluding hydrogens is 671 g/mol. The van der Waals surface area contributed by atoms with Gasteiger partial charge in [-0.25, -0.2) is 9.59 Å². The Morgan fingerprint density at radius 1 is 1.04 bits per heavy atom. The average Bonchev–Trinajstić information content (AvgIpc) is 2.87. The van der Waals surface area contributed by atoms with E-state index in [-0.39, 0.29) is 32.3 Å². The van der Waals surface area contributed by atoms with Crippen LogP contribution in [0.2, 0.25) is 0 Å². The van der Waals surface area contributed by atoms with Crippen LogP contribution < -0.4 is 0 Å². The van der Waals surface area contributed by atoms with Gasteiger partial charge in [0.05, 0.1) is 18.6 Å². The van der Waals surface area contributed by atoms with Crippen LogP contribution in [-0.2, 0) is 24.0 Å². The molecule has 0 spiro atoms. The molecule has 0 saturated carbocycles. The van der Waals surface area contributed by atoms with Crippen LogP contribution in [0.4, 0.5) is 0 Å². The zero-order valence-electron chi connectivity index (χ0n) is 12.7. The fourth-order valence-electron chi connectivity index (χ4n) is 1.97. The van der Waals surface area contributed by atoms with Crippen LogP contribution >= 0.6 is 67.8 Å². The Morgan fingerprint density at radius 3 is 2.28 bits per heavy atom. The molecular formula is C15H12I3NO6. The van der Waals surface area contributed by atoms with Crippen molar-refractivity contribution >= 4 is 91.5 Å². The van der Waals surface area contributed by atoms with Crippen molar-refractivity contribution in [2.24, 2.45) is 0 Å². The van der Waals surface area contributed by atoms with Crippen molar-refractivity contribution in [1.29, 1.82) is 0 Å². The molecule has 0 aliphatic carbocycles. The third-order valence-electron chi connectivity index (χ3n) is 3.21. The monoisotopic (exact) mass is 683 g/mol. The predicted octanol–water partition coefficient (Wildman–Crippen LogP) is 3.04. The molecule has 1 fully saturated rings. The summed E-state index contributed by atoms with van der Waals surface area (Å²) in [5, 5.41) is 0.505. The Morgan fingerprint density at radius 2 is 1.64 bits per heavy atom. The number of halogens is 3. The Kier molecular flexibility index (Phi) is 7.85. The molecule has 0 bridgehead atoms. The minimum atomic E-state index is -0.710. The lowest BCUT2D eigenvalue weighted by atomic mass is 10.2. The number of imide groups is 1. The normalized spacial score (nSPS) is 14.0. The molecule has 7 nitrogen and oxygen atoms in total. The van der Waals surface area contributed by atoms with Crippen LogP contribution in [-0.4, -0.2) is 35.4 Å². The topological polar surface area (TPSA) is 90.0 Å². The molecule has 0 atom stereocenters. The molecule has 1 aromatic carbocycles. The lowest BCUT2D eigenvalue weighted by Crippen LogP contribution is -2.32. The van der Waals surface area contributed by atoms with Gasteiger partial charge < -0.3 is 9.57 Å². The smallest absolute Gasteiger partial charge is 0.340 e. The second-order valence-corrected chi connectivity index (χ2v) is 8.41. The minimum absolute atomic E-state index is 0.0352. The van der Waals surface area contributed by atoms with E-state index in [9.17, 15) is 19.2 Å². The highest BCUT2D eigenvalue weighted by Crippen LogP contribution is 2.25. The maximum atomic E-state index is 12.2. The molecule has 1 aliphatic heterocycles. The van der Waals surface area contributed by atoms with Crippen molar-refractivity contribution < 1.29 is 28.8 Å². The Bertz CT molecular complexity index is 720. The van der Waals surface area contributed by atoms with Crippen molar-refractivity contribution in [2.75, 3.05) is 6.61 Å². The molecule has 134 valence electrons. The predicted molar refractivity (Wildman–Crippen MR) is 111 cm³/mol. The summed E-state index contributed by atoms with van der Waals surface area (Å²) in [6.45, 7) is 0.0352. The number of amides is 2. The van der Waals surface area contributed by atoms with E-state index in [1.54, 1.807) is 0 Å². The van der Waals surface area contributed by atoms with Crippen molar-refractivity contribution in [2.45, 2.75) is 25.7 Å². The van der Waals surface area contributed by atoms with Gasteiger partial charge in [0.2, 0.25) is 0 Å². The van der Waals surface area contributed by atoms with E-state index < -0.39 is 23.8 Å². The fraction of sp³-hybridized carbons (Fsp3) is 0.333. The standard InChI is InChI=1S/C15H12I3NO6/c16-8-3-4-9(17)14(18)13(8)15(23)24-7-1-2-12(22)25-19-10(20)5-6-11(19)21/h3-4H,1-2,5-7H2. The average molecular weight is 683 g/mol. The summed E-state index contributed by atoms with van der Waals surface area (Å²) < 4.78 is 7.76. The first-order valence-corrected chi connectivity index (χ1v) is 10.4. The largest absolute Gasteiger partial charge is 0.462 e. The maximum absolute atomic E-state index is 12.2. The summed E-state index contributed by atoms with van der Waals surface area (Å²) in [7, 11) is 0. The van der Waals surface area contributed by atoms with Gasteiger partial charge in [-0.1, -0.05) is 0 Å². The zero-order chi connectivity index (χ0) is 18.6. The Labute approximate surface area is 184 Å². The van der Waals surface area contributed by atoms with Crippen LogP contribution in [0.15, 0.2) is 12.1 Å². The van der Waals surface area contributed by atoms with E-state index in [2.05, 4.69) is 67.8 Å². The molecule has 0 aromatic heterocycles. The van der Waals surface area contributed by atoms with E-state index >= 15 is 0 Å². The van der Waals surface area contributed by atoms with Crippen LogP contribution in [0.1, 0.15) is 36.0 Å². The van der Waals surface area contributed by atoms with Crippen LogP contribution in [0.5, 0.6) is 0 Å². The number of hydrogen-bond acceptors (Lipinski definition) is 6. The Balaban J connectivity index is 1.79. The highest BCUT2D eigenvalue weighted by molar-refractivity contribution is 14.1. The van der Waals surface area contributed by atoms with Crippen LogP contribution in [0.3, 0.4) is 0 Å². The van der Waals surface area contributed by atoms with Crippen LogP contribution in [0, 0.1) is 10.7 Å². The SMILES string of the molecule is O=C(CCCOC(=O)c1c(I)ccc(I)c1I)ON1C(=O)CCC1=O. The second-order valence-electron chi connectivity index (χ2n) is 5.00. The van der Waals surface area contributed by atoms with E-state index in [1.165, 1.54) is 0 Å². The number of benzene rings is 1. The number of carbonyl (C=O) groups excluding carboxylic acids is 4. The molecule has 0 unspecified atom stereocenters. The summed E-state index contributed by atoms with van der Waals surface area (Å²) in [6.07, 6.45) is 0.274. The first-order valence-electron chi connectivity index (χ1n) is 7.18. The number of carbonyl (C=O) groups is 4. The van der Waals surface area contributed by atoms with Gasteiger partial charge >= 0.3 is 11.9 Å². The number of esters is 1. The van der Waals surface area contributed by atoms with Gasteiger partial charge in [-0.2, -0.15) is 0 Å². The van der Waals surface area contributed by atoms with Crippen molar-refractivity contribution in [3.05, 3.63) is 28.4 Å². The summed E-state index contributed by atoms with van der Waals surface area (Å²) in [4.78, 5) is 51.3. The fourth-order valence-corrected chi connectivity index (χ4v) is 4.30. The van der Waals surface area contributed by atoms with E-state index in [0.29, 0.717) is 10.6 Å². The van der Waals surface area contributed by atoms with Gasteiger partial charge in [-0.05, 0) is 86.3 Å². The van der Waals surface area contributed by atoms with Crippen molar-refractivity contribution in [3.8, 4) is 0 Å². The first-order chi connectivity index (χ1) is 11.8. The molecule has 0 N–H and O–H groups in total. The zero-order valence-corrected chi connectivity index (χ0v) is 19.2. The van der Waals surface area contributed by atoms with Crippen molar-refractivity contribution in [1.82, 2.24) is 5.06 Å². The molecule has 1 saturated heterocycles. The van der Waals surface area contributed by atoms with Crippen LogP contribution in [0.25, 0.3) is 0 Å². The number of ether oxygens (including phenoxy) is 1. The lowest BCUT2D eigenvalue weighted by molar-refractivity contribution is -0.197. The number of rotatable bonds is 6. The maximum Gasteiger partial charge on any atom is 0.340 e. The van der Waals surface area contributed by atoms with Gasteiger partial charge in [0.15, 0.2) is 0 Å². The van der Waals surface area contributed by atoms with Gasteiger partial charge in [0.25, 0.3) is 11.8 Å². The number of hydrogen-bond donors (Lipinski definition) is 0. The minimum Gasteiger partial charge on any atom is -0.462 e. The number of nitrogens with zero attached hydrogens (tertiary/aromatic N) is 1. The Hall–Kier alpha value is -0.510. The third-order valence-corrected chi connectivity index (χ3v) is 7.16. The van der Waals surface area contributed by atoms with Gasteiger partial charge in [-0.15, -0.1) is 5.06 Å². The third kappa shape index (κ3) is 5.48. The van der Waals surface area contributed by atoms with Gasteiger partial charge in [-0.3, -0.25) is 9.59 Å².